The fourth-order valence-electron chi connectivity index (χ4n) is 3.62. The summed E-state index contributed by atoms with van der Waals surface area (Å²) in [4.78, 5) is 28.1. The van der Waals surface area contributed by atoms with Gasteiger partial charge in [-0.25, -0.2) is 0 Å². The molecule has 2 aromatic rings. The largest absolute Gasteiger partial charge is 0.389 e. The lowest BCUT2D eigenvalue weighted by atomic mass is 10.1. The maximum absolute atomic E-state index is 12.9. The number of hydrogen-bond donors (Lipinski definition) is 2. The van der Waals surface area contributed by atoms with E-state index >= 15 is 0 Å². The number of carbonyl (C=O) groups excluding carboxylic acids is 2. The predicted molar refractivity (Wildman–Crippen MR) is 107 cm³/mol. The van der Waals surface area contributed by atoms with Gasteiger partial charge < -0.3 is 15.3 Å². The number of nitrogens with zero attached hydrogens (tertiary/aromatic N) is 3. The van der Waals surface area contributed by atoms with Gasteiger partial charge in [0.1, 0.15) is 5.69 Å². The average Bonchev–Trinajstić information content (AvgIpc) is 3.06. The highest BCUT2D eigenvalue weighted by Crippen LogP contribution is 2.32. The molecule has 1 aromatic heterocycles. The smallest absolute Gasteiger partial charge is 0.274 e. The van der Waals surface area contributed by atoms with Crippen molar-refractivity contribution in [3.63, 3.8) is 0 Å². The maximum Gasteiger partial charge on any atom is 0.274 e. The third-order valence-corrected chi connectivity index (χ3v) is 6.75. The van der Waals surface area contributed by atoms with Gasteiger partial charge >= 0.3 is 0 Å². The zero-order chi connectivity index (χ0) is 19.7. The molecule has 2 amide bonds. The van der Waals surface area contributed by atoms with Crippen molar-refractivity contribution in [2.45, 2.75) is 42.6 Å². The molecule has 7 nitrogen and oxygen atoms in total. The lowest BCUT2D eigenvalue weighted by molar-refractivity contribution is 0.0719. The lowest BCUT2D eigenvalue weighted by Gasteiger charge is -2.31. The van der Waals surface area contributed by atoms with E-state index < -0.39 is 6.10 Å². The van der Waals surface area contributed by atoms with E-state index in [1.807, 2.05) is 22.7 Å². The number of aryl methyl sites for hydroxylation is 1. The number of likely N-dealkylation sites (tertiary alicyclic amines) is 1. The molecular weight excluding hydrogens is 376 g/mol. The third-order valence-electron chi connectivity index (χ3n) is 5.23. The van der Waals surface area contributed by atoms with Crippen molar-refractivity contribution in [1.29, 1.82) is 0 Å². The summed E-state index contributed by atoms with van der Waals surface area (Å²) < 4.78 is 1.43. The van der Waals surface area contributed by atoms with Gasteiger partial charge in [-0.2, -0.15) is 5.10 Å². The van der Waals surface area contributed by atoms with Crippen LogP contribution in [-0.2, 0) is 6.54 Å². The molecule has 0 radical (unpaired) electrons. The normalized spacial score (nSPS) is 20.4. The molecule has 0 bridgehead atoms. The molecule has 28 heavy (non-hydrogen) atoms. The van der Waals surface area contributed by atoms with Crippen molar-refractivity contribution in [3.05, 3.63) is 47.3 Å². The van der Waals surface area contributed by atoms with Gasteiger partial charge in [0.2, 0.25) is 0 Å². The minimum Gasteiger partial charge on any atom is -0.389 e. The second-order valence-electron chi connectivity index (χ2n) is 7.34. The van der Waals surface area contributed by atoms with Crippen molar-refractivity contribution in [1.82, 2.24) is 20.0 Å². The molecule has 0 spiro atoms. The number of rotatable bonds is 3. The van der Waals surface area contributed by atoms with E-state index in [9.17, 15) is 14.7 Å². The highest BCUT2D eigenvalue weighted by Gasteiger charge is 2.29. The van der Waals surface area contributed by atoms with E-state index in [2.05, 4.69) is 35.5 Å². The van der Waals surface area contributed by atoms with E-state index in [4.69, 9.17) is 0 Å². The number of benzene rings is 1. The van der Waals surface area contributed by atoms with Crippen LogP contribution in [0.15, 0.2) is 35.2 Å². The van der Waals surface area contributed by atoms with Crippen LogP contribution in [0.3, 0.4) is 0 Å². The fourth-order valence-corrected chi connectivity index (χ4v) is 4.83. The molecule has 3 heterocycles. The number of carbonyl (C=O) groups is 2. The lowest BCUT2D eigenvalue weighted by Crippen LogP contribution is -2.39. The Balaban J connectivity index is 1.39. The number of amides is 2. The summed E-state index contributed by atoms with van der Waals surface area (Å²) in [5.41, 5.74) is 1.88. The Bertz CT molecular complexity index is 889. The molecule has 1 fully saturated rings. The first kappa shape index (κ1) is 19.0. The summed E-state index contributed by atoms with van der Waals surface area (Å²) >= 11 is 1.89. The van der Waals surface area contributed by atoms with Gasteiger partial charge in [0.05, 0.1) is 12.6 Å². The number of aliphatic hydroxyl groups excluding tert-OH is 1. The molecule has 0 unspecified atom stereocenters. The van der Waals surface area contributed by atoms with Gasteiger partial charge in [-0.05, 0) is 31.4 Å². The monoisotopic (exact) mass is 400 g/mol. The van der Waals surface area contributed by atoms with Crippen LogP contribution in [0.5, 0.6) is 0 Å². The highest BCUT2D eigenvalue weighted by atomic mass is 32.2. The minimum atomic E-state index is -0.706. The second-order valence-corrected chi connectivity index (χ2v) is 8.68. The average molecular weight is 401 g/mol. The molecule has 148 valence electrons. The SMILES string of the molecule is Cc1ccccc1SC1CCN(C(=O)c2cc3n(n2)C[C@H](O)CNC3=O)CC1. The number of hydrogen-bond acceptors (Lipinski definition) is 5. The predicted octanol–water partition coefficient (Wildman–Crippen LogP) is 1.69. The Morgan fingerprint density at radius 3 is 2.79 bits per heavy atom. The number of fused-ring (bicyclic) bond motifs is 1. The first-order valence-corrected chi connectivity index (χ1v) is 10.4. The van der Waals surface area contributed by atoms with Crippen LogP contribution < -0.4 is 5.32 Å². The summed E-state index contributed by atoms with van der Waals surface area (Å²) in [7, 11) is 0. The molecule has 0 saturated carbocycles. The molecule has 2 aliphatic heterocycles. The summed E-state index contributed by atoms with van der Waals surface area (Å²) in [6, 6.07) is 9.91. The van der Waals surface area contributed by atoms with Crippen LogP contribution >= 0.6 is 11.8 Å². The molecule has 2 N–H and O–H groups in total. The number of aliphatic hydroxyl groups is 1. The Morgan fingerprint density at radius 1 is 1.29 bits per heavy atom. The van der Waals surface area contributed by atoms with Gasteiger partial charge in [-0.1, -0.05) is 18.2 Å². The summed E-state index contributed by atoms with van der Waals surface area (Å²) in [5.74, 6) is -0.460. The Kier molecular flexibility index (Phi) is 5.41. The topological polar surface area (TPSA) is 87.5 Å². The third kappa shape index (κ3) is 3.93. The Morgan fingerprint density at radius 2 is 2.04 bits per heavy atom. The van der Waals surface area contributed by atoms with E-state index in [1.165, 1.54) is 21.2 Å². The van der Waals surface area contributed by atoms with Gasteiger partial charge in [-0.15, -0.1) is 11.8 Å². The number of aromatic nitrogens is 2. The first-order valence-electron chi connectivity index (χ1n) is 9.57. The Hall–Kier alpha value is -2.32. The second kappa shape index (κ2) is 7.97. The van der Waals surface area contributed by atoms with Gasteiger partial charge in [-0.3, -0.25) is 14.3 Å². The molecule has 2 aliphatic rings. The molecule has 1 aromatic carbocycles. The van der Waals surface area contributed by atoms with Gasteiger partial charge in [0, 0.05) is 35.8 Å². The van der Waals surface area contributed by atoms with E-state index in [0.29, 0.717) is 24.0 Å². The van der Waals surface area contributed by atoms with Crippen LogP contribution in [0.2, 0.25) is 0 Å². The minimum absolute atomic E-state index is 0.151. The number of β-amino-alcohol motifs (C(OH)–C–C–N with tert-alkyl or cyclic N) is 1. The van der Waals surface area contributed by atoms with E-state index in [-0.39, 0.29) is 30.6 Å². The summed E-state index contributed by atoms with van der Waals surface area (Å²) in [5, 5.41) is 17.3. The van der Waals surface area contributed by atoms with Gasteiger partial charge in [0.15, 0.2) is 5.69 Å². The van der Waals surface area contributed by atoms with Crippen molar-refractivity contribution in [2.75, 3.05) is 19.6 Å². The highest BCUT2D eigenvalue weighted by molar-refractivity contribution is 8.00. The first-order chi connectivity index (χ1) is 13.5. The van der Waals surface area contributed by atoms with Crippen molar-refractivity contribution in [3.8, 4) is 0 Å². The van der Waals surface area contributed by atoms with Crippen LogP contribution in [0.25, 0.3) is 0 Å². The number of piperidine rings is 1. The van der Waals surface area contributed by atoms with Gasteiger partial charge in [0.25, 0.3) is 11.8 Å². The zero-order valence-corrected chi connectivity index (χ0v) is 16.6. The summed E-state index contributed by atoms with van der Waals surface area (Å²) in [6.45, 7) is 3.88. The molecular formula is C20H24N4O3S. The molecule has 8 heteroatoms. The van der Waals surface area contributed by atoms with Crippen molar-refractivity contribution < 1.29 is 14.7 Å². The molecule has 0 aliphatic carbocycles. The van der Waals surface area contributed by atoms with E-state index in [1.54, 1.807) is 0 Å². The molecule has 1 atom stereocenters. The fraction of sp³-hybridized carbons (Fsp3) is 0.450. The van der Waals surface area contributed by atoms with Crippen LogP contribution in [0.1, 0.15) is 39.4 Å². The molecule has 4 rings (SSSR count). The number of nitrogens with one attached hydrogen (secondary N) is 1. The van der Waals surface area contributed by atoms with Crippen molar-refractivity contribution >= 4 is 23.6 Å². The Labute approximate surface area is 168 Å². The molecule has 1 saturated heterocycles. The quantitative estimate of drug-likeness (QED) is 0.819. The zero-order valence-electron chi connectivity index (χ0n) is 15.8. The summed E-state index contributed by atoms with van der Waals surface area (Å²) in [6.07, 6.45) is 1.15. The maximum atomic E-state index is 12.9. The number of thioether (sulfide) groups is 1. The van der Waals surface area contributed by atoms with E-state index in [0.717, 1.165) is 12.8 Å². The van der Waals surface area contributed by atoms with Crippen molar-refractivity contribution in [2.24, 2.45) is 0 Å². The van der Waals surface area contributed by atoms with Crippen LogP contribution in [-0.4, -0.2) is 62.6 Å². The van der Waals surface area contributed by atoms with Crippen LogP contribution in [0.4, 0.5) is 0 Å². The van der Waals surface area contributed by atoms with Crippen LogP contribution in [0, 0.1) is 6.92 Å². The standard InChI is InChI=1S/C20H24N4O3S/c1-13-4-2-3-5-18(13)28-15-6-8-23(9-7-15)20(27)16-10-17-19(26)21-11-14(25)12-24(17)22-16/h2-5,10,14-15,25H,6-9,11-12H2,1H3,(H,21,26)/t14-/m1/s1.